The van der Waals surface area contributed by atoms with Gasteiger partial charge < -0.3 is 0 Å². The molecular weight excluding hydrogens is 282 g/mol. The van der Waals surface area contributed by atoms with Gasteiger partial charge in [-0.2, -0.15) is 0 Å². The second kappa shape index (κ2) is 5.00. The SMILES string of the molecule is c1ccc(-c2cccc3c2Sc2ccccc2S3)nc1. The summed E-state index contributed by atoms with van der Waals surface area (Å²) in [5.74, 6) is 0. The third-order valence-electron chi connectivity index (χ3n) is 3.20. The Labute approximate surface area is 126 Å². The number of fused-ring (bicyclic) bond motifs is 2. The Morgan fingerprint density at radius 1 is 0.650 bits per heavy atom. The second-order valence-electron chi connectivity index (χ2n) is 4.50. The molecule has 96 valence electrons. The van der Waals surface area contributed by atoms with Crippen LogP contribution in [0, 0.1) is 0 Å². The summed E-state index contributed by atoms with van der Waals surface area (Å²) in [4.78, 5) is 9.79. The average Bonchev–Trinajstić information content (AvgIpc) is 2.53. The predicted octanol–water partition coefficient (Wildman–Crippen LogP) is 5.36. The summed E-state index contributed by atoms with van der Waals surface area (Å²) < 4.78 is 0. The first-order valence-electron chi connectivity index (χ1n) is 6.41. The van der Waals surface area contributed by atoms with Crippen LogP contribution in [0.1, 0.15) is 0 Å². The van der Waals surface area contributed by atoms with Crippen molar-refractivity contribution in [1.29, 1.82) is 0 Å². The van der Waals surface area contributed by atoms with Crippen LogP contribution in [0.5, 0.6) is 0 Å². The second-order valence-corrected chi connectivity index (χ2v) is 6.63. The molecule has 20 heavy (non-hydrogen) atoms. The molecular formula is C17H11NS2. The summed E-state index contributed by atoms with van der Waals surface area (Å²) in [5, 5.41) is 0. The quantitative estimate of drug-likeness (QED) is 0.468. The number of hydrogen-bond donors (Lipinski definition) is 0. The molecule has 0 saturated heterocycles. The highest BCUT2D eigenvalue weighted by Crippen LogP contribution is 2.51. The van der Waals surface area contributed by atoms with Crippen LogP contribution in [0.2, 0.25) is 0 Å². The van der Waals surface area contributed by atoms with E-state index in [0.717, 1.165) is 5.69 Å². The summed E-state index contributed by atoms with van der Waals surface area (Å²) in [7, 11) is 0. The van der Waals surface area contributed by atoms with E-state index < -0.39 is 0 Å². The lowest BCUT2D eigenvalue weighted by atomic mass is 10.1. The minimum atomic E-state index is 1.04. The van der Waals surface area contributed by atoms with E-state index in [-0.39, 0.29) is 0 Å². The third-order valence-corrected chi connectivity index (χ3v) is 5.82. The van der Waals surface area contributed by atoms with Crippen molar-refractivity contribution < 1.29 is 0 Å². The largest absolute Gasteiger partial charge is 0.256 e. The highest BCUT2D eigenvalue weighted by atomic mass is 32.2. The summed E-state index contributed by atoms with van der Waals surface area (Å²) in [6.07, 6.45) is 1.85. The topological polar surface area (TPSA) is 12.9 Å². The lowest BCUT2D eigenvalue weighted by Gasteiger charge is -2.20. The molecule has 2 heterocycles. The molecule has 0 unspecified atom stereocenters. The summed E-state index contributed by atoms with van der Waals surface area (Å²) >= 11 is 3.69. The molecule has 0 saturated carbocycles. The monoisotopic (exact) mass is 293 g/mol. The van der Waals surface area contributed by atoms with Crippen molar-refractivity contribution >= 4 is 23.5 Å². The van der Waals surface area contributed by atoms with Gasteiger partial charge in [0.2, 0.25) is 0 Å². The van der Waals surface area contributed by atoms with Crippen molar-refractivity contribution in [2.24, 2.45) is 0 Å². The van der Waals surface area contributed by atoms with Gasteiger partial charge in [-0.3, -0.25) is 4.98 Å². The van der Waals surface area contributed by atoms with E-state index in [1.54, 1.807) is 0 Å². The molecule has 0 radical (unpaired) electrons. The molecule has 0 spiro atoms. The molecule has 4 rings (SSSR count). The molecule has 0 amide bonds. The molecule has 1 nitrogen and oxygen atoms in total. The van der Waals surface area contributed by atoms with Crippen molar-refractivity contribution in [2.75, 3.05) is 0 Å². The number of aromatic nitrogens is 1. The maximum atomic E-state index is 4.49. The lowest BCUT2D eigenvalue weighted by Crippen LogP contribution is -1.93. The molecule has 0 fully saturated rings. The molecule has 3 heteroatoms. The Morgan fingerprint density at radius 2 is 1.40 bits per heavy atom. The number of rotatable bonds is 1. The molecule has 1 aliphatic rings. The van der Waals surface area contributed by atoms with Crippen LogP contribution < -0.4 is 0 Å². The molecule has 1 aliphatic heterocycles. The highest BCUT2D eigenvalue weighted by molar-refractivity contribution is 8.05. The standard InChI is InChI=1S/C17H11NS2/c1-2-9-15-14(8-1)19-16-10-5-6-12(17(16)20-15)13-7-3-4-11-18-13/h1-11H. The first-order valence-corrected chi connectivity index (χ1v) is 8.04. The Balaban J connectivity index is 1.87. The smallest absolute Gasteiger partial charge is 0.0713 e. The van der Waals surface area contributed by atoms with Crippen LogP contribution >= 0.6 is 23.5 Å². The van der Waals surface area contributed by atoms with E-state index in [0.29, 0.717) is 0 Å². The fourth-order valence-corrected chi connectivity index (χ4v) is 4.66. The summed E-state index contributed by atoms with van der Waals surface area (Å²) in [5.41, 5.74) is 2.26. The zero-order valence-corrected chi connectivity index (χ0v) is 12.2. The van der Waals surface area contributed by atoms with Gasteiger partial charge in [-0.05, 0) is 30.3 Å². The fraction of sp³-hybridized carbons (Fsp3) is 0. The Kier molecular flexibility index (Phi) is 3.02. The number of pyridine rings is 1. The van der Waals surface area contributed by atoms with E-state index in [1.807, 2.05) is 41.9 Å². The van der Waals surface area contributed by atoms with E-state index in [4.69, 9.17) is 0 Å². The van der Waals surface area contributed by atoms with Crippen molar-refractivity contribution in [2.45, 2.75) is 19.6 Å². The van der Waals surface area contributed by atoms with Gasteiger partial charge in [0.05, 0.1) is 5.69 Å². The zero-order valence-electron chi connectivity index (χ0n) is 10.6. The molecule has 0 aliphatic carbocycles. The van der Waals surface area contributed by atoms with E-state index >= 15 is 0 Å². The molecule has 2 aromatic carbocycles. The predicted molar refractivity (Wildman–Crippen MR) is 84.4 cm³/mol. The molecule has 3 aromatic rings. The van der Waals surface area contributed by atoms with E-state index in [2.05, 4.69) is 53.5 Å². The van der Waals surface area contributed by atoms with Crippen LogP contribution in [-0.4, -0.2) is 4.98 Å². The Hall–Kier alpha value is -1.71. The van der Waals surface area contributed by atoms with Gasteiger partial charge in [-0.15, -0.1) is 0 Å². The molecule has 0 N–H and O–H groups in total. The summed E-state index contributed by atoms with van der Waals surface area (Å²) in [6, 6.07) is 21.1. The first kappa shape index (κ1) is 12.1. The van der Waals surface area contributed by atoms with Gasteiger partial charge >= 0.3 is 0 Å². The van der Waals surface area contributed by atoms with Crippen molar-refractivity contribution in [1.82, 2.24) is 4.98 Å². The number of benzene rings is 2. The fourth-order valence-electron chi connectivity index (χ4n) is 2.27. The third kappa shape index (κ3) is 2.03. The summed E-state index contributed by atoms with van der Waals surface area (Å²) in [6.45, 7) is 0. The average molecular weight is 293 g/mol. The Bertz CT molecular complexity index is 769. The lowest BCUT2D eigenvalue weighted by molar-refractivity contribution is 1.15. The van der Waals surface area contributed by atoms with Crippen LogP contribution in [0.25, 0.3) is 11.3 Å². The maximum absolute atomic E-state index is 4.49. The minimum absolute atomic E-state index is 1.04. The van der Waals surface area contributed by atoms with Crippen molar-refractivity contribution in [3.8, 4) is 11.3 Å². The first-order chi connectivity index (χ1) is 9.92. The molecule has 0 bridgehead atoms. The van der Waals surface area contributed by atoms with Crippen molar-refractivity contribution in [3.63, 3.8) is 0 Å². The van der Waals surface area contributed by atoms with Gasteiger partial charge in [0.15, 0.2) is 0 Å². The van der Waals surface area contributed by atoms with Gasteiger partial charge in [0.1, 0.15) is 0 Å². The molecule has 1 aromatic heterocycles. The van der Waals surface area contributed by atoms with Crippen LogP contribution in [0.15, 0.2) is 86.4 Å². The van der Waals surface area contributed by atoms with Gasteiger partial charge in [0, 0.05) is 31.3 Å². The van der Waals surface area contributed by atoms with Crippen LogP contribution in [0.4, 0.5) is 0 Å². The van der Waals surface area contributed by atoms with Gasteiger partial charge in [0.25, 0.3) is 0 Å². The van der Waals surface area contributed by atoms with Crippen LogP contribution in [-0.2, 0) is 0 Å². The number of hydrogen-bond acceptors (Lipinski definition) is 3. The minimum Gasteiger partial charge on any atom is -0.256 e. The van der Waals surface area contributed by atoms with Crippen molar-refractivity contribution in [3.05, 3.63) is 66.9 Å². The van der Waals surface area contributed by atoms with Gasteiger partial charge in [-0.25, -0.2) is 0 Å². The maximum Gasteiger partial charge on any atom is 0.0713 e. The van der Waals surface area contributed by atoms with E-state index in [9.17, 15) is 0 Å². The highest BCUT2D eigenvalue weighted by Gasteiger charge is 2.20. The molecule has 0 atom stereocenters. The Morgan fingerprint density at radius 3 is 2.20 bits per heavy atom. The zero-order chi connectivity index (χ0) is 13.4. The van der Waals surface area contributed by atoms with Gasteiger partial charge in [-0.1, -0.05) is 53.9 Å². The van der Waals surface area contributed by atoms with E-state index in [1.165, 1.54) is 25.1 Å². The number of nitrogens with zero attached hydrogens (tertiary/aromatic N) is 1. The van der Waals surface area contributed by atoms with Crippen LogP contribution in [0.3, 0.4) is 0 Å². The normalized spacial score (nSPS) is 12.6.